The van der Waals surface area contributed by atoms with Crippen LogP contribution in [0, 0.1) is 11.3 Å². The zero-order valence-electron chi connectivity index (χ0n) is 12.3. The zero-order chi connectivity index (χ0) is 14.5. The third kappa shape index (κ3) is 5.07. The second-order valence-electron chi connectivity index (χ2n) is 6.75. The lowest BCUT2D eigenvalue weighted by atomic mass is 9.81. The monoisotopic (exact) mass is 278 g/mol. The highest BCUT2D eigenvalue weighted by atomic mass is 19.1. The van der Waals surface area contributed by atoms with Crippen molar-refractivity contribution >= 4 is 5.97 Å². The van der Waals surface area contributed by atoms with Crippen LogP contribution in [0.5, 0.6) is 0 Å². The van der Waals surface area contributed by atoms with Crippen molar-refractivity contribution in [3.05, 3.63) is 0 Å². The van der Waals surface area contributed by atoms with E-state index in [-0.39, 0.29) is 20.0 Å². The summed E-state index contributed by atoms with van der Waals surface area (Å²) in [5.74, 6) is -0.409. The van der Waals surface area contributed by atoms with Gasteiger partial charge >= 0.3 is 5.97 Å². The molecular formula is C15H28F2O2. The SMILES string of the molecule is CC(C)(C)OC(=O)C1CCC(CF)(CCCCF)C1.[HH]. The van der Waals surface area contributed by atoms with Gasteiger partial charge in [-0.2, -0.15) is 0 Å². The predicted molar refractivity (Wildman–Crippen MR) is 73.5 cm³/mol. The molecule has 0 spiro atoms. The second kappa shape index (κ2) is 6.67. The minimum Gasteiger partial charge on any atom is -0.460 e. The number of carbonyl (C=O) groups excluding carboxylic acids is 1. The van der Waals surface area contributed by atoms with Crippen molar-refractivity contribution in [1.82, 2.24) is 0 Å². The molecule has 4 heteroatoms. The van der Waals surface area contributed by atoms with E-state index in [0.717, 1.165) is 0 Å². The summed E-state index contributed by atoms with van der Waals surface area (Å²) in [7, 11) is 0. The topological polar surface area (TPSA) is 26.3 Å². The molecule has 114 valence electrons. The lowest BCUT2D eigenvalue weighted by Gasteiger charge is -2.26. The van der Waals surface area contributed by atoms with E-state index in [1.165, 1.54) is 0 Å². The van der Waals surface area contributed by atoms with Crippen LogP contribution in [0.25, 0.3) is 0 Å². The molecule has 0 aliphatic heterocycles. The maximum atomic E-state index is 13.3. The standard InChI is InChI=1S/C15H26F2O2.H2/c1-14(2,3)19-13(18)12-6-8-15(10-12,11-17)7-4-5-9-16;/h12H,4-11H2,1-3H3;1H. The molecule has 0 amide bonds. The molecule has 0 aromatic heterocycles. The van der Waals surface area contributed by atoms with Crippen molar-refractivity contribution < 1.29 is 19.7 Å². The summed E-state index contributed by atoms with van der Waals surface area (Å²) in [5, 5.41) is 0. The maximum Gasteiger partial charge on any atom is 0.309 e. The van der Waals surface area contributed by atoms with Gasteiger partial charge in [0.2, 0.25) is 0 Å². The number of hydrogen-bond acceptors (Lipinski definition) is 2. The van der Waals surface area contributed by atoms with Gasteiger partial charge in [0.1, 0.15) is 5.60 Å². The highest BCUT2D eigenvalue weighted by molar-refractivity contribution is 5.73. The van der Waals surface area contributed by atoms with E-state index in [1.54, 1.807) is 0 Å². The predicted octanol–water partition coefficient (Wildman–Crippen LogP) is 4.47. The van der Waals surface area contributed by atoms with E-state index >= 15 is 0 Å². The van der Waals surface area contributed by atoms with Crippen LogP contribution in [0.1, 0.15) is 60.7 Å². The molecule has 0 radical (unpaired) electrons. The summed E-state index contributed by atoms with van der Waals surface area (Å²) in [6.07, 6.45) is 3.80. The molecule has 1 fully saturated rings. The molecule has 0 heterocycles. The van der Waals surface area contributed by atoms with Crippen LogP contribution in [0.2, 0.25) is 0 Å². The van der Waals surface area contributed by atoms with Crippen LogP contribution >= 0.6 is 0 Å². The number of esters is 1. The molecule has 2 atom stereocenters. The van der Waals surface area contributed by atoms with E-state index in [1.807, 2.05) is 20.8 Å². The highest BCUT2D eigenvalue weighted by Gasteiger charge is 2.42. The van der Waals surface area contributed by atoms with E-state index in [9.17, 15) is 13.6 Å². The van der Waals surface area contributed by atoms with Gasteiger partial charge in [0.25, 0.3) is 0 Å². The Kier molecular flexibility index (Phi) is 5.75. The Morgan fingerprint density at radius 3 is 2.58 bits per heavy atom. The van der Waals surface area contributed by atoms with Crippen molar-refractivity contribution in [3.8, 4) is 0 Å². The minimum atomic E-state index is -0.494. The molecular weight excluding hydrogens is 250 g/mol. The first-order valence-electron chi connectivity index (χ1n) is 7.17. The van der Waals surface area contributed by atoms with Crippen LogP contribution in [0.15, 0.2) is 0 Å². The Balaban J connectivity index is 0.00000361. The fourth-order valence-corrected chi connectivity index (χ4v) is 2.80. The van der Waals surface area contributed by atoms with Crippen molar-refractivity contribution in [3.63, 3.8) is 0 Å². The van der Waals surface area contributed by atoms with Crippen LogP contribution < -0.4 is 0 Å². The van der Waals surface area contributed by atoms with Gasteiger partial charge in [-0.05, 0) is 58.3 Å². The van der Waals surface area contributed by atoms with E-state index in [2.05, 4.69) is 0 Å². The smallest absolute Gasteiger partial charge is 0.309 e. The van der Waals surface area contributed by atoms with Gasteiger partial charge in [-0.25, -0.2) is 0 Å². The van der Waals surface area contributed by atoms with Crippen molar-refractivity contribution in [2.24, 2.45) is 11.3 Å². The van der Waals surface area contributed by atoms with E-state index in [0.29, 0.717) is 38.5 Å². The number of hydrogen-bond donors (Lipinski definition) is 0. The van der Waals surface area contributed by atoms with Gasteiger partial charge in [-0.3, -0.25) is 13.6 Å². The lowest BCUT2D eigenvalue weighted by molar-refractivity contribution is -0.160. The molecule has 1 saturated carbocycles. The van der Waals surface area contributed by atoms with Crippen molar-refractivity contribution in [1.29, 1.82) is 0 Å². The van der Waals surface area contributed by atoms with Crippen LogP contribution in [-0.2, 0) is 9.53 Å². The highest BCUT2D eigenvalue weighted by Crippen LogP contribution is 2.46. The summed E-state index contributed by atoms with van der Waals surface area (Å²) >= 11 is 0. The summed E-state index contributed by atoms with van der Waals surface area (Å²) in [5.41, 5.74) is -0.914. The number of unbranched alkanes of at least 4 members (excludes halogenated alkanes) is 1. The maximum absolute atomic E-state index is 13.3. The second-order valence-corrected chi connectivity index (χ2v) is 6.75. The van der Waals surface area contributed by atoms with Gasteiger partial charge in [0.15, 0.2) is 0 Å². The Hall–Kier alpha value is -0.670. The van der Waals surface area contributed by atoms with Gasteiger partial charge in [-0.1, -0.05) is 6.42 Å². The molecule has 2 unspecified atom stereocenters. The molecule has 0 bridgehead atoms. The van der Waals surface area contributed by atoms with Crippen molar-refractivity contribution in [2.45, 2.75) is 64.9 Å². The average molecular weight is 278 g/mol. The summed E-state index contributed by atoms with van der Waals surface area (Å²) < 4.78 is 30.8. The molecule has 1 rings (SSSR count). The largest absolute Gasteiger partial charge is 0.460 e. The number of ether oxygens (including phenoxy) is 1. The average Bonchev–Trinajstić information content (AvgIpc) is 2.73. The fraction of sp³-hybridized carbons (Fsp3) is 0.933. The molecule has 2 nitrogen and oxygen atoms in total. The summed E-state index contributed by atoms with van der Waals surface area (Å²) in [4.78, 5) is 12.0. The first kappa shape index (κ1) is 16.4. The van der Waals surface area contributed by atoms with Crippen LogP contribution in [-0.4, -0.2) is 24.9 Å². The molecule has 0 aromatic rings. The van der Waals surface area contributed by atoms with Gasteiger partial charge in [0, 0.05) is 1.43 Å². The Morgan fingerprint density at radius 1 is 1.37 bits per heavy atom. The van der Waals surface area contributed by atoms with E-state index < -0.39 is 17.7 Å². The molecule has 0 aromatic carbocycles. The molecule has 19 heavy (non-hydrogen) atoms. The normalized spacial score (nSPS) is 27.5. The summed E-state index contributed by atoms with van der Waals surface area (Å²) in [6, 6.07) is 0. The Labute approximate surface area is 116 Å². The first-order chi connectivity index (χ1) is 8.82. The van der Waals surface area contributed by atoms with Gasteiger partial charge < -0.3 is 4.74 Å². The van der Waals surface area contributed by atoms with Gasteiger partial charge in [-0.15, -0.1) is 0 Å². The lowest BCUT2D eigenvalue weighted by Crippen LogP contribution is -2.29. The fourth-order valence-electron chi connectivity index (χ4n) is 2.80. The third-order valence-corrected chi connectivity index (χ3v) is 3.82. The number of alkyl halides is 2. The number of carbonyl (C=O) groups is 1. The Bertz CT molecular complexity index is 305. The van der Waals surface area contributed by atoms with Gasteiger partial charge in [0.05, 0.1) is 19.3 Å². The van der Waals surface area contributed by atoms with Crippen LogP contribution in [0.4, 0.5) is 8.78 Å². The minimum absolute atomic E-state index is 0. The van der Waals surface area contributed by atoms with E-state index in [4.69, 9.17) is 4.74 Å². The molecule has 1 aliphatic carbocycles. The van der Waals surface area contributed by atoms with Crippen LogP contribution in [0.3, 0.4) is 0 Å². The Morgan fingerprint density at radius 2 is 2.05 bits per heavy atom. The zero-order valence-corrected chi connectivity index (χ0v) is 12.3. The summed E-state index contributed by atoms with van der Waals surface area (Å²) in [6.45, 7) is 4.74. The van der Waals surface area contributed by atoms with Crippen molar-refractivity contribution in [2.75, 3.05) is 13.3 Å². The first-order valence-corrected chi connectivity index (χ1v) is 7.17. The molecule has 0 saturated heterocycles. The quantitative estimate of drug-likeness (QED) is 0.529. The number of rotatable bonds is 6. The molecule has 0 N–H and O–H groups in total. The third-order valence-electron chi connectivity index (χ3n) is 3.82. The number of halogens is 2. The molecule has 1 aliphatic rings.